The molecule has 0 aromatic heterocycles. The van der Waals surface area contributed by atoms with Crippen LogP contribution < -0.4 is 9.62 Å². The zero-order valence-corrected chi connectivity index (χ0v) is 27.8. The van der Waals surface area contributed by atoms with Crippen LogP contribution in [0.5, 0.6) is 0 Å². The molecule has 4 aromatic rings. The van der Waals surface area contributed by atoms with Crippen molar-refractivity contribution in [1.82, 2.24) is 10.2 Å². The van der Waals surface area contributed by atoms with Crippen LogP contribution in [0.3, 0.4) is 0 Å². The molecule has 0 radical (unpaired) electrons. The number of sulfonamides is 1. The van der Waals surface area contributed by atoms with E-state index in [2.05, 4.69) is 5.32 Å². The zero-order valence-electron chi connectivity index (χ0n) is 25.5. The van der Waals surface area contributed by atoms with Crippen molar-refractivity contribution in [3.8, 4) is 0 Å². The van der Waals surface area contributed by atoms with Gasteiger partial charge in [-0.25, -0.2) is 8.42 Å². The van der Waals surface area contributed by atoms with Crippen LogP contribution in [0.25, 0.3) is 0 Å². The van der Waals surface area contributed by atoms with Crippen LogP contribution in [-0.2, 0) is 32.6 Å². The molecule has 7 nitrogen and oxygen atoms in total. The maximum absolute atomic E-state index is 14.5. The van der Waals surface area contributed by atoms with Crippen LogP contribution >= 0.6 is 23.2 Å². The Kier molecular flexibility index (Phi) is 11.7. The van der Waals surface area contributed by atoms with Crippen molar-refractivity contribution in [3.63, 3.8) is 0 Å². The zero-order chi connectivity index (χ0) is 32.6. The molecule has 2 amide bonds. The van der Waals surface area contributed by atoms with Gasteiger partial charge in [-0.3, -0.25) is 13.9 Å². The summed E-state index contributed by atoms with van der Waals surface area (Å²) in [6.07, 6.45) is 0.237. The van der Waals surface area contributed by atoms with E-state index in [1.165, 1.54) is 35.2 Å². The van der Waals surface area contributed by atoms with E-state index in [-0.39, 0.29) is 45.4 Å². The number of benzene rings is 4. The molecule has 1 unspecified atom stereocenters. The standard InChI is InChI=1S/C35H37Cl2N3O4S/c1-25(2)22-38-35(42)33(20-27-13-6-4-7-14-27)39(23-28-15-11-10-12-26(28)3)34(41)24-40(29-18-19-31(36)32(37)21-29)45(43,44)30-16-8-5-9-17-30/h4-19,21,25,33H,20,22-24H2,1-3H3,(H,38,42). The lowest BCUT2D eigenvalue weighted by atomic mass is 10.0. The largest absolute Gasteiger partial charge is 0.354 e. The number of amides is 2. The number of hydrogen-bond donors (Lipinski definition) is 1. The van der Waals surface area contributed by atoms with Gasteiger partial charge in [0.05, 0.1) is 20.6 Å². The number of carbonyl (C=O) groups excluding carboxylic acids is 2. The Bertz CT molecular complexity index is 1720. The fourth-order valence-electron chi connectivity index (χ4n) is 4.84. The van der Waals surface area contributed by atoms with Gasteiger partial charge in [-0.05, 0) is 59.9 Å². The summed E-state index contributed by atoms with van der Waals surface area (Å²) in [4.78, 5) is 29.9. The van der Waals surface area contributed by atoms with Gasteiger partial charge in [0.1, 0.15) is 12.6 Å². The highest BCUT2D eigenvalue weighted by Crippen LogP contribution is 2.31. The maximum atomic E-state index is 14.5. The van der Waals surface area contributed by atoms with Gasteiger partial charge in [-0.15, -0.1) is 0 Å². The SMILES string of the molecule is Cc1ccccc1CN(C(=O)CN(c1ccc(Cl)c(Cl)c1)S(=O)(=O)c1ccccc1)C(Cc1ccccc1)C(=O)NCC(C)C. The first-order chi connectivity index (χ1) is 21.5. The quantitative estimate of drug-likeness (QED) is 0.168. The van der Waals surface area contributed by atoms with Crippen molar-refractivity contribution in [3.05, 3.63) is 130 Å². The average Bonchev–Trinajstić information content (AvgIpc) is 3.03. The van der Waals surface area contributed by atoms with Gasteiger partial charge in [0.25, 0.3) is 10.0 Å². The van der Waals surface area contributed by atoms with Crippen molar-refractivity contribution in [2.45, 2.75) is 44.7 Å². The van der Waals surface area contributed by atoms with E-state index < -0.39 is 28.5 Å². The molecule has 236 valence electrons. The summed E-state index contributed by atoms with van der Waals surface area (Å²) < 4.78 is 29.2. The Morgan fingerprint density at radius 2 is 1.44 bits per heavy atom. The van der Waals surface area contributed by atoms with Gasteiger partial charge in [0.15, 0.2) is 0 Å². The molecular weight excluding hydrogens is 629 g/mol. The molecule has 10 heteroatoms. The van der Waals surface area contributed by atoms with Crippen LogP contribution in [-0.4, -0.2) is 44.3 Å². The van der Waals surface area contributed by atoms with Crippen molar-refractivity contribution < 1.29 is 18.0 Å². The molecular formula is C35H37Cl2N3O4S. The Hall–Kier alpha value is -3.85. The number of aryl methyl sites for hydroxylation is 1. The molecule has 1 N–H and O–H groups in total. The minimum atomic E-state index is -4.24. The van der Waals surface area contributed by atoms with Crippen LogP contribution in [0, 0.1) is 12.8 Å². The highest BCUT2D eigenvalue weighted by atomic mass is 35.5. The van der Waals surface area contributed by atoms with E-state index in [0.717, 1.165) is 21.0 Å². The number of halogens is 2. The van der Waals surface area contributed by atoms with Gasteiger partial charge in [-0.1, -0.05) is 110 Å². The number of rotatable bonds is 13. The van der Waals surface area contributed by atoms with E-state index in [9.17, 15) is 18.0 Å². The molecule has 45 heavy (non-hydrogen) atoms. The second-order valence-electron chi connectivity index (χ2n) is 11.2. The van der Waals surface area contributed by atoms with Crippen molar-refractivity contribution in [2.24, 2.45) is 5.92 Å². The summed E-state index contributed by atoms with van der Waals surface area (Å²) in [6.45, 7) is 5.86. The first-order valence-corrected chi connectivity index (χ1v) is 16.9. The minimum Gasteiger partial charge on any atom is -0.354 e. The fraction of sp³-hybridized carbons (Fsp3) is 0.257. The Labute approximate surface area is 275 Å². The third-order valence-electron chi connectivity index (χ3n) is 7.36. The molecule has 0 bridgehead atoms. The van der Waals surface area contributed by atoms with Gasteiger partial charge >= 0.3 is 0 Å². The smallest absolute Gasteiger partial charge is 0.264 e. The number of carbonyl (C=O) groups is 2. The van der Waals surface area contributed by atoms with Gasteiger partial charge in [-0.2, -0.15) is 0 Å². The highest BCUT2D eigenvalue weighted by Gasteiger charge is 2.35. The summed E-state index contributed by atoms with van der Waals surface area (Å²) in [6, 6.07) is 28.4. The molecule has 0 aliphatic heterocycles. The van der Waals surface area contributed by atoms with Crippen molar-refractivity contribution >= 4 is 50.7 Å². The molecule has 0 aliphatic carbocycles. The molecule has 0 fully saturated rings. The molecule has 1 atom stereocenters. The maximum Gasteiger partial charge on any atom is 0.264 e. The van der Waals surface area contributed by atoms with Crippen LogP contribution in [0.1, 0.15) is 30.5 Å². The molecule has 0 heterocycles. The molecule has 4 rings (SSSR count). The lowest BCUT2D eigenvalue weighted by Crippen LogP contribution is -2.53. The monoisotopic (exact) mass is 665 g/mol. The van der Waals surface area contributed by atoms with Crippen LogP contribution in [0.4, 0.5) is 5.69 Å². The third kappa shape index (κ3) is 8.87. The summed E-state index contributed by atoms with van der Waals surface area (Å²) in [5.74, 6) is -0.682. The molecule has 0 saturated heterocycles. The van der Waals surface area contributed by atoms with Crippen molar-refractivity contribution in [2.75, 3.05) is 17.4 Å². The van der Waals surface area contributed by atoms with E-state index in [1.54, 1.807) is 18.2 Å². The Morgan fingerprint density at radius 1 is 0.822 bits per heavy atom. The lowest BCUT2D eigenvalue weighted by molar-refractivity contribution is -0.140. The van der Waals surface area contributed by atoms with Gasteiger partial charge < -0.3 is 10.2 Å². The summed E-state index contributed by atoms with van der Waals surface area (Å²) in [5.41, 5.74) is 2.81. The number of nitrogens with zero attached hydrogens (tertiary/aromatic N) is 2. The van der Waals surface area contributed by atoms with Crippen LogP contribution in [0.15, 0.2) is 108 Å². The first kappa shape index (κ1) is 34.0. The summed E-state index contributed by atoms with van der Waals surface area (Å²) in [7, 11) is -4.24. The van der Waals surface area contributed by atoms with Gasteiger partial charge in [0, 0.05) is 19.5 Å². The molecule has 0 aliphatic rings. The molecule has 4 aromatic carbocycles. The van der Waals surface area contributed by atoms with Gasteiger partial charge in [0.2, 0.25) is 11.8 Å². The fourth-order valence-corrected chi connectivity index (χ4v) is 6.56. The molecule has 0 spiro atoms. The number of anilines is 1. The molecule has 0 saturated carbocycles. The first-order valence-electron chi connectivity index (χ1n) is 14.7. The average molecular weight is 667 g/mol. The lowest BCUT2D eigenvalue weighted by Gasteiger charge is -2.34. The third-order valence-corrected chi connectivity index (χ3v) is 9.89. The predicted molar refractivity (Wildman–Crippen MR) is 181 cm³/mol. The van der Waals surface area contributed by atoms with Crippen LogP contribution in [0.2, 0.25) is 10.0 Å². The van der Waals surface area contributed by atoms with E-state index in [0.29, 0.717) is 6.54 Å². The minimum absolute atomic E-state index is 0.00448. The van der Waals surface area contributed by atoms with E-state index >= 15 is 0 Å². The predicted octanol–water partition coefficient (Wildman–Crippen LogP) is 6.91. The number of hydrogen-bond acceptors (Lipinski definition) is 4. The normalized spacial score (nSPS) is 12.0. The van der Waals surface area contributed by atoms with Crippen molar-refractivity contribution in [1.29, 1.82) is 0 Å². The summed E-state index contributed by atoms with van der Waals surface area (Å²) >= 11 is 12.5. The Morgan fingerprint density at radius 3 is 2.07 bits per heavy atom. The topological polar surface area (TPSA) is 86.8 Å². The summed E-state index contributed by atoms with van der Waals surface area (Å²) in [5, 5.41) is 3.38. The number of nitrogens with one attached hydrogen (secondary N) is 1. The Balaban J connectivity index is 1.82. The van der Waals surface area contributed by atoms with E-state index in [4.69, 9.17) is 23.2 Å². The van der Waals surface area contributed by atoms with E-state index in [1.807, 2.05) is 75.4 Å². The second kappa shape index (κ2) is 15.4. The second-order valence-corrected chi connectivity index (χ2v) is 13.9. The highest BCUT2D eigenvalue weighted by molar-refractivity contribution is 7.92.